The van der Waals surface area contributed by atoms with Crippen LogP contribution in [0.25, 0.3) is 11.4 Å². The number of rotatable bonds is 1. The molecule has 1 heterocycles. The molecular weight excluding hydrogens is 233 g/mol. The van der Waals surface area contributed by atoms with Crippen molar-refractivity contribution in [2.45, 2.75) is 6.18 Å². The van der Waals surface area contributed by atoms with Gasteiger partial charge in [-0.1, -0.05) is 0 Å². The summed E-state index contributed by atoms with van der Waals surface area (Å²) in [5.41, 5.74) is -0.414. The summed E-state index contributed by atoms with van der Waals surface area (Å²) in [5.74, 6) is 0.0706. The van der Waals surface area contributed by atoms with Crippen LogP contribution in [0.5, 0.6) is 0 Å². The molecule has 0 aliphatic rings. The van der Waals surface area contributed by atoms with E-state index in [9.17, 15) is 18.4 Å². The van der Waals surface area contributed by atoms with Crippen LogP contribution >= 0.6 is 0 Å². The Bertz CT molecular complexity index is 523. The molecule has 2 rings (SSSR count). The van der Waals surface area contributed by atoms with Gasteiger partial charge in [-0.2, -0.15) is 13.2 Å². The van der Waals surface area contributed by atoms with E-state index in [1.54, 1.807) is 0 Å². The molecule has 0 aliphatic heterocycles. The molecule has 0 saturated carbocycles. The standard InChI is InChI=1S/C11H7F3N2O/c12-11(13,14)9-4-2-8(3-5-9)10-15-6-1-7-16(10)17/h1-7H. The topological polar surface area (TPSA) is 39.8 Å². The maximum atomic E-state index is 12.3. The third-order valence-corrected chi connectivity index (χ3v) is 2.18. The average Bonchev–Trinajstić information content (AvgIpc) is 2.29. The lowest BCUT2D eigenvalue weighted by molar-refractivity contribution is -0.596. The molecular formula is C11H7F3N2O. The molecule has 0 fully saturated rings. The fraction of sp³-hybridized carbons (Fsp3) is 0.0909. The Balaban J connectivity index is 2.40. The van der Waals surface area contributed by atoms with Crippen LogP contribution in [0.3, 0.4) is 0 Å². The van der Waals surface area contributed by atoms with Gasteiger partial charge in [0, 0.05) is 6.07 Å². The third-order valence-electron chi connectivity index (χ3n) is 2.18. The molecule has 3 nitrogen and oxygen atoms in total. The van der Waals surface area contributed by atoms with E-state index in [-0.39, 0.29) is 5.82 Å². The number of hydrogen-bond donors (Lipinski definition) is 0. The molecule has 1 aromatic carbocycles. The molecule has 0 N–H and O–H groups in total. The lowest BCUT2D eigenvalue weighted by atomic mass is 10.1. The Kier molecular flexibility index (Phi) is 2.71. The van der Waals surface area contributed by atoms with Crippen LogP contribution in [0, 0.1) is 5.21 Å². The Labute approximate surface area is 94.7 Å². The summed E-state index contributed by atoms with van der Waals surface area (Å²) >= 11 is 0. The molecule has 0 spiro atoms. The van der Waals surface area contributed by atoms with E-state index in [0.29, 0.717) is 10.3 Å². The first kappa shape index (κ1) is 11.4. The first-order valence-corrected chi connectivity index (χ1v) is 4.70. The van der Waals surface area contributed by atoms with Crippen molar-refractivity contribution in [3.63, 3.8) is 0 Å². The number of halogens is 3. The van der Waals surface area contributed by atoms with Crippen molar-refractivity contribution in [3.05, 3.63) is 53.5 Å². The predicted octanol–water partition coefficient (Wildman–Crippen LogP) is 2.40. The van der Waals surface area contributed by atoms with E-state index in [1.807, 2.05) is 0 Å². The SMILES string of the molecule is [O-][n+]1cccnc1-c1ccc(C(F)(F)F)cc1. The first-order valence-electron chi connectivity index (χ1n) is 4.70. The van der Waals surface area contributed by atoms with E-state index in [4.69, 9.17) is 0 Å². The van der Waals surface area contributed by atoms with Gasteiger partial charge in [0.15, 0.2) is 0 Å². The van der Waals surface area contributed by atoms with Crippen LogP contribution in [-0.4, -0.2) is 4.98 Å². The number of hydrogen-bond acceptors (Lipinski definition) is 2. The number of alkyl halides is 3. The van der Waals surface area contributed by atoms with Crippen LogP contribution in [0.2, 0.25) is 0 Å². The molecule has 17 heavy (non-hydrogen) atoms. The molecule has 6 heteroatoms. The van der Waals surface area contributed by atoms with Gasteiger partial charge in [-0.25, -0.2) is 4.73 Å². The second-order valence-corrected chi connectivity index (χ2v) is 3.34. The van der Waals surface area contributed by atoms with Crippen LogP contribution < -0.4 is 4.73 Å². The number of nitrogens with zero attached hydrogens (tertiary/aromatic N) is 2. The average molecular weight is 240 g/mol. The van der Waals surface area contributed by atoms with Gasteiger partial charge >= 0.3 is 12.0 Å². The van der Waals surface area contributed by atoms with Gasteiger partial charge < -0.3 is 5.21 Å². The normalized spacial score (nSPS) is 11.5. The molecule has 0 unspecified atom stereocenters. The van der Waals surface area contributed by atoms with Gasteiger partial charge in [0.05, 0.1) is 17.3 Å². The summed E-state index contributed by atoms with van der Waals surface area (Å²) in [6, 6.07) is 5.73. The van der Waals surface area contributed by atoms with Crippen molar-refractivity contribution in [1.82, 2.24) is 4.98 Å². The molecule has 0 aliphatic carbocycles. The van der Waals surface area contributed by atoms with E-state index >= 15 is 0 Å². The Morgan fingerprint density at radius 2 is 1.76 bits per heavy atom. The zero-order valence-corrected chi connectivity index (χ0v) is 8.48. The van der Waals surface area contributed by atoms with Crippen LogP contribution in [-0.2, 0) is 6.18 Å². The van der Waals surface area contributed by atoms with E-state index in [2.05, 4.69) is 4.98 Å². The highest BCUT2D eigenvalue weighted by Crippen LogP contribution is 2.30. The maximum Gasteiger partial charge on any atom is 0.416 e. The second-order valence-electron chi connectivity index (χ2n) is 3.34. The maximum absolute atomic E-state index is 12.3. The largest absolute Gasteiger partial charge is 0.710 e. The van der Waals surface area contributed by atoms with Gasteiger partial charge in [0.2, 0.25) is 0 Å². The minimum absolute atomic E-state index is 0.0706. The second kappa shape index (κ2) is 4.04. The summed E-state index contributed by atoms with van der Waals surface area (Å²) < 4.78 is 37.5. The fourth-order valence-corrected chi connectivity index (χ4v) is 1.37. The minimum atomic E-state index is -4.38. The van der Waals surface area contributed by atoms with Gasteiger partial charge in [-0.15, -0.1) is 0 Å². The third kappa shape index (κ3) is 2.35. The Morgan fingerprint density at radius 1 is 1.12 bits per heavy atom. The smallest absolute Gasteiger partial charge is 0.416 e. The summed E-state index contributed by atoms with van der Waals surface area (Å²) in [5, 5.41) is 11.3. The zero-order valence-electron chi connectivity index (χ0n) is 8.48. The molecule has 2 aromatic rings. The monoisotopic (exact) mass is 240 g/mol. The minimum Gasteiger partial charge on any atom is -0.710 e. The molecule has 0 bridgehead atoms. The van der Waals surface area contributed by atoms with Gasteiger partial charge in [0.25, 0.3) is 0 Å². The van der Waals surface area contributed by atoms with Crippen LogP contribution in [0.15, 0.2) is 42.7 Å². The Morgan fingerprint density at radius 3 is 2.29 bits per heavy atom. The van der Waals surface area contributed by atoms with Gasteiger partial charge in [-0.05, 0) is 29.2 Å². The van der Waals surface area contributed by atoms with Crippen molar-refractivity contribution in [2.24, 2.45) is 0 Å². The van der Waals surface area contributed by atoms with Crippen molar-refractivity contribution in [3.8, 4) is 11.4 Å². The van der Waals surface area contributed by atoms with E-state index in [0.717, 1.165) is 12.1 Å². The molecule has 88 valence electrons. The quantitative estimate of drug-likeness (QED) is 0.567. The van der Waals surface area contributed by atoms with Gasteiger partial charge in [-0.3, -0.25) is 0 Å². The molecule has 0 saturated heterocycles. The zero-order chi connectivity index (χ0) is 12.5. The summed E-state index contributed by atoms with van der Waals surface area (Å²) in [7, 11) is 0. The molecule has 0 radical (unpaired) electrons. The van der Waals surface area contributed by atoms with E-state index in [1.165, 1.54) is 30.6 Å². The Hall–Kier alpha value is -2.11. The lowest BCUT2D eigenvalue weighted by Gasteiger charge is -2.07. The fourth-order valence-electron chi connectivity index (χ4n) is 1.37. The number of aromatic nitrogens is 2. The van der Waals surface area contributed by atoms with Gasteiger partial charge in [0.1, 0.15) is 6.20 Å². The molecule has 0 amide bonds. The number of benzene rings is 1. The molecule has 0 atom stereocenters. The van der Waals surface area contributed by atoms with Crippen molar-refractivity contribution in [2.75, 3.05) is 0 Å². The van der Waals surface area contributed by atoms with Crippen LogP contribution in [0.1, 0.15) is 5.56 Å². The first-order chi connectivity index (χ1) is 7.98. The predicted molar refractivity (Wildman–Crippen MR) is 53.6 cm³/mol. The highest BCUT2D eigenvalue weighted by Gasteiger charge is 2.30. The lowest BCUT2D eigenvalue weighted by Crippen LogP contribution is -2.29. The summed E-state index contributed by atoms with van der Waals surface area (Å²) in [6.07, 6.45) is -1.74. The van der Waals surface area contributed by atoms with Crippen molar-refractivity contribution < 1.29 is 17.9 Å². The van der Waals surface area contributed by atoms with Crippen molar-refractivity contribution in [1.29, 1.82) is 0 Å². The van der Waals surface area contributed by atoms with E-state index < -0.39 is 11.7 Å². The highest BCUT2D eigenvalue weighted by molar-refractivity contribution is 5.52. The highest BCUT2D eigenvalue weighted by atomic mass is 19.4. The van der Waals surface area contributed by atoms with Crippen molar-refractivity contribution >= 4 is 0 Å². The molecule has 1 aromatic heterocycles. The summed E-state index contributed by atoms with van der Waals surface area (Å²) in [4.78, 5) is 3.81. The summed E-state index contributed by atoms with van der Waals surface area (Å²) in [6.45, 7) is 0. The van der Waals surface area contributed by atoms with Crippen LogP contribution in [0.4, 0.5) is 13.2 Å².